The first kappa shape index (κ1) is 24.9. The quantitative estimate of drug-likeness (QED) is 0.478. The zero-order chi connectivity index (χ0) is 25.9. The highest BCUT2D eigenvalue weighted by molar-refractivity contribution is 8.00. The zero-order valence-electron chi connectivity index (χ0n) is 18.5. The largest absolute Gasteiger partial charge is 0.435 e. The van der Waals surface area contributed by atoms with Gasteiger partial charge in [0.25, 0.3) is 5.60 Å². The van der Waals surface area contributed by atoms with Gasteiger partial charge in [0.15, 0.2) is 5.67 Å². The van der Waals surface area contributed by atoms with Gasteiger partial charge in [-0.05, 0) is 23.3 Å². The SMILES string of the molecule is O=C(C1CSC1)N1CC(F)(c2ccc(C3=NOC(c4ccc(C(F)(F)F)cc4)(C(F)(F)F)C3)cc2)C1. The Labute approximate surface area is 205 Å². The maximum Gasteiger partial charge on any atom is 0.435 e. The van der Waals surface area contributed by atoms with Crippen LogP contribution in [0.4, 0.5) is 30.7 Å². The number of hydrogen-bond donors (Lipinski definition) is 0. The maximum atomic E-state index is 15.3. The topological polar surface area (TPSA) is 41.9 Å². The molecule has 0 N–H and O–H groups in total. The molecule has 192 valence electrons. The van der Waals surface area contributed by atoms with Gasteiger partial charge < -0.3 is 9.74 Å². The molecule has 0 aromatic heterocycles. The second-order valence-electron chi connectivity index (χ2n) is 9.18. The minimum atomic E-state index is -4.97. The third-order valence-corrected chi connectivity index (χ3v) is 8.06. The second kappa shape index (κ2) is 8.39. The predicted octanol–water partition coefficient (Wildman–Crippen LogP) is 5.66. The number of rotatable bonds is 4. The lowest BCUT2D eigenvalue weighted by Crippen LogP contribution is -2.61. The van der Waals surface area contributed by atoms with Crippen LogP contribution < -0.4 is 0 Å². The highest BCUT2D eigenvalue weighted by Crippen LogP contribution is 2.49. The van der Waals surface area contributed by atoms with E-state index in [4.69, 9.17) is 4.84 Å². The lowest BCUT2D eigenvalue weighted by atomic mass is 9.84. The Morgan fingerprint density at radius 3 is 2.03 bits per heavy atom. The van der Waals surface area contributed by atoms with Crippen LogP contribution in [0.25, 0.3) is 0 Å². The van der Waals surface area contributed by atoms with Crippen LogP contribution in [0, 0.1) is 5.92 Å². The Bertz CT molecular complexity index is 1180. The molecule has 0 bridgehead atoms. The van der Waals surface area contributed by atoms with Crippen LogP contribution in [0.3, 0.4) is 0 Å². The summed E-state index contributed by atoms with van der Waals surface area (Å²) in [5, 5.41) is 3.60. The second-order valence-corrected chi connectivity index (χ2v) is 10.3. The average molecular weight is 532 g/mol. The van der Waals surface area contributed by atoms with E-state index in [2.05, 4.69) is 5.16 Å². The highest BCUT2D eigenvalue weighted by Gasteiger charge is 2.62. The normalized spacial score (nSPS) is 24.0. The zero-order valence-corrected chi connectivity index (χ0v) is 19.3. The Hall–Kier alpha value is -2.76. The van der Waals surface area contributed by atoms with Crippen molar-refractivity contribution in [2.75, 3.05) is 24.6 Å². The molecule has 3 heterocycles. The Morgan fingerprint density at radius 2 is 1.53 bits per heavy atom. The molecule has 12 heteroatoms. The van der Waals surface area contributed by atoms with Gasteiger partial charge in [0.05, 0.1) is 30.3 Å². The first-order chi connectivity index (χ1) is 16.8. The van der Waals surface area contributed by atoms with Gasteiger partial charge in [-0.25, -0.2) is 4.39 Å². The molecule has 1 unspecified atom stereocenters. The molecule has 4 nitrogen and oxygen atoms in total. The summed E-state index contributed by atoms with van der Waals surface area (Å²) >= 11 is 1.66. The van der Waals surface area contributed by atoms with Crippen LogP contribution in [0.1, 0.15) is 28.7 Å². The molecule has 5 rings (SSSR count). The summed E-state index contributed by atoms with van der Waals surface area (Å²) in [6.45, 7) is -0.164. The molecule has 2 aromatic carbocycles. The lowest BCUT2D eigenvalue weighted by molar-refractivity contribution is -0.275. The van der Waals surface area contributed by atoms with Gasteiger partial charge in [-0.15, -0.1) is 0 Å². The monoisotopic (exact) mass is 532 g/mol. The van der Waals surface area contributed by atoms with Crippen LogP contribution in [0.2, 0.25) is 0 Å². The lowest BCUT2D eigenvalue weighted by Gasteiger charge is -2.46. The van der Waals surface area contributed by atoms with Crippen LogP contribution in [0.5, 0.6) is 0 Å². The number of oxime groups is 1. The van der Waals surface area contributed by atoms with E-state index >= 15 is 4.39 Å². The summed E-state index contributed by atoms with van der Waals surface area (Å²) in [6, 6.07) is 8.31. The number of carbonyl (C=O) groups excluding carboxylic acids is 1. The van der Waals surface area contributed by atoms with Gasteiger partial charge in [-0.2, -0.15) is 38.1 Å². The Kier molecular flexibility index (Phi) is 5.81. The molecule has 0 aliphatic carbocycles. The van der Waals surface area contributed by atoms with E-state index in [0.717, 1.165) is 23.6 Å². The van der Waals surface area contributed by atoms with Crippen molar-refractivity contribution in [2.24, 2.45) is 11.1 Å². The summed E-state index contributed by atoms with van der Waals surface area (Å²) < 4.78 is 96.1. The minimum absolute atomic E-state index is 0.0668. The molecule has 2 fully saturated rings. The molecule has 3 aliphatic rings. The van der Waals surface area contributed by atoms with Crippen molar-refractivity contribution in [2.45, 2.75) is 30.0 Å². The van der Waals surface area contributed by atoms with Crippen molar-refractivity contribution in [1.82, 2.24) is 4.90 Å². The summed E-state index contributed by atoms with van der Waals surface area (Å²) in [5.41, 5.74) is -5.79. The van der Waals surface area contributed by atoms with Crippen molar-refractivity contribution in [3.63, 3.8) is 0 Å². The van der Waals surface area contributed by atoms with E-state index in [-0.39, 0.29) is 36.2 Å². The van der Waals surface area contributed by atoms with Crippen molar-refractivity contribution in [3.05, 3.63) is 70.8 Å². The Morgan fingerprint density at radius 1 is 0.944 bits per heavy atom. The number of carbonyl (C=O) groups is 1. The predicted molar refractivity (Wildman–Crippen MR) is 118 cm³/mol. The first-order valence-electron chi connectivity index (χ1n) is 11.0. The molecule has 1 amide bonds. The fourth-order valence-electron chi connectivity index (χ4n) is 4.48. The van der Waals surface area contributed by atoms with Crippen molar-refractivity contribution in [1.29, 1.82) is 0 Å². The summed E-state index contributed by atoms with van der Waals surface area (Å²) in [6.07, 6.45) is -10.4. The van der Waals surface area contributed by atoms with E-state index in [1.54, 1.807) is 11.8 Å². The van der Waals surface area contributed by atoms with Crippen molar-refractivity contribution < 1.29 is 40.4 Å². The molecule has 0 saturated carbocycles. The molecule has 3 aliphatic heterocycles. The first-order valence-corrected chi connectivity index (χ1v) is 12.1. The van der Waals surface area contributed by atoms with E-state index in [1.807, 2.05) is 0 Å². The van der Waals surface area contributed by atoms with Gasteiger partial charge in [0.1, 0.15) is 0 Å². The van der Waals surface area contributed by atoms with Crippen LogP contribution in [-0.2, 0) is 27.1 Å². The molecule has 2 saturated heterocycles. The number of nitrogens with zero attached hydrogens (tertiary/aromatic N) is 2. The van der Waals surface area contributed by atoms with Gasteiger partial charge in [0, 0.05) is 23.5 Å². The van der Waals surface area contributed by atoms with Crippen molar-refractivity contribution in [3.8, 4) is 0 Å². The number of benzene rings is 2. The fourth-order valence-corrected chi connectivity index (χ4v) is 5.24. The number of hydrogen-bond acceptors (Lipinski definition) is 4. The third-order valence-electron chi connectivity index (χ3n) is 6.78. The van der Waals surface area contributed by atoms with Gasteiger partial charge in [-0.1, -0.05) is 41.6 Å². The minimum Gasteiger partial charge on any atom is -0.374 e. The number of thioether (sulfide) groups is 1. The number of amides is 1. The van der Waals surface area contributed by atoms with E-state index < -0.39 is 41.2 Å². The molecular formula is C24H19F7N2O2S. The number of alkyl halides is 7. The van der Waals surface area contributed by atoms with Crippen molar-refractivity contribution >= 4 is 23.4 Å². The summed E-state index contributed by atoms with van der Waals surface area (Å²) in [4.78, 5) is 18.6. The van der Waals surface area contributed by atoms with E-state index in [1.165, 1.54) is 29.2 Å². The van der Waals surface area contributed by atoms with Crippen LogP contribution >= 0.6 is 11.8 Å². The van der Waals surface area contributed by atoms with Crippen LogP contribution in [0.15, 0.2) is 53.7 Å². The molecular weight excluding hydrogens is 513 g/mol. The van der Waals surface area contributed by atoms with Gasteiger partial charge >= 0.3 is 12.4 Å². The smallest absolute Gasteiger partial charge is 0.374 e. The maximum absolute atomic E-state index is 15.3. The average Bonchev–Trinajstić information content (AvgIpc) is 3.22. The van der Waals surface area contributed by atoms with E-state index in [0.29, 0.717) is 17.7 Å². The van der Waals surface area contributed by atoms with E-state index in [9.17, 15) is 31.1 Å². The number of halogens is 7. The molecule has 1 atom stereocenters. The molecule has 36 heavy (non-hydrogen) atoms. The third kappa shape index (κ3) is 4.12. The standard InChI is InChI=1S/C24H19F7N2O2S/c25-21(12-33(13-21)20(34)15-10-36-11-15)16-3-1-14(2-4-16)19-9-22(35-32-19,24(29,30)31)17-5-7-18(8-6-17)23(26,27)28/h1-8,15H,9-13H2. The molecule has 2 aromatic rings. The summed E-state index contributed by atoms with van der Waals surface area (Å²) in [5.74, 6) is 1.34. The van der Waals surface area contributed by atoms with Gasteiger partial charge in [0.2, 0.25) is 5.91 Å². The summed E-state index contributed by atoms with van der Waals surface area (Å²) in [7, 11) is 0. The van der Waals surface area contributed by atoms with Crippen LogP contribution in [-0.4, -0.2) is 47.3 Å². The van der Waals surface area contributed by atoms with Gasteiger partial charge in [-0.3, -0.25) is 4.79 Å². The molecule has 0 spiro atoms. The number of likely N-dealkylation sites (tertiary alicyclic amines) is 1. The fraction of sp³-hybridized carbons (Fsp3) is 0.417. The Balaban J connectivity index is 1.31. The molecule has 0 radical (unpaired) electrons. The highest BCUT2D eigenvalue weighted by atomic mass is 32.2.